The molecule has 1 heteroatoms. The predicted octanol–water partition coefficient (Wildman–Crippen LogP) is 5.34. The predicted molar refractivity (Wildman–Crippen MR) is 93.3 cm³/mol. The van der Waals surface area contributed by atoms with E-state index >= 15 is 0 Å². The van der Waals surface area contributed by atoms with E-state index in [0.717, 1.165) is 24.9 Å². The second-order valence-electron chi connectivity index (χ2n) is 7.66. The van der Waals surface area contributed by atoms with Crippen molar-refractivity contribution in [1.29, 1.82) is 0 Å². The van der Waals surface area contributed by atoms with Gasteiger partial charge in [-0.25, -0.2) is 0 Å². The van der Waals surface area contributed by atoms with E-state index in [4.69, 9.17) is 0 Å². The van der Waals surface area contributed by atoms with E-state index in [9.17, 15) is 0 Å². The Morgan fingerprint density at radius 3 is 1.38 bits per heavy atom. The number of rotatable bonds is 8. The zero-order valence-corrected chi connectivity index (χ0v) is 14.1. The van der Waals surface area contributed by atoms with Gasteiger partial charge in [-0.2, -0.15) is 0 Å². The van der Waals surface area contributed by atoms with Crippen LogP contribution in [0.3, 0.4) is 0 Å². The molecule has 1 nitrogen and oxygen atoms in total. The molecule has 0 aliphatic heterocycles. The van der Waals surface area contributed by atoms with E-state index in [0.29, 0.717) is 0 Å². The highest BCUT2D eigenvalue weighted by Crippen LogP contribution is 2.31. The lowest BCUT2D eigenvalue weighted by Crippen LogP contribution is -2.54. The molecule has 120 valence electrons. The number of nitrogens with zero attached hydrogens (tertiary/aromatic N) is 1. The smallest absolute Gasteiger partial charge is 0.0973 e. The molecule has 2 saturated carbocycles. The molecule has 0 radical (unpaired) electrons. The largest absolute Gasteiger partial charge is 0.317 e. The average Bonchev–Trinajstić information content (AvgIpc) is 2.50. The summed E-state index contributed by atoms with van der Waals surface area (Å²) in [6.07, 6.45) is 18.9. The normalized spacial score (nSPS) is 22.1. The number of hydrogen-bond acceptors (Lipinski definition) is 0. The van der Waals surface area contributed by atoms with Crippen LogP contribution in [0.15, 0.2) is 25.3 Å². The molecule has 0 amide bonds. The summed E-state index contributed by atoms with van der Waals surface area (Å²) >= 11 is 0. The van der Waals surface area contributed by atoms with Gasteiger partial charge in [0.05, 0.1) is 26.2 Å². The highest BCUT2D eigenvalue weighted by molar-refractivity contribution is 4.77. The summed E-state index contributed by atoms with van der Waals surface area (Å²) in [5.74, 6) is 1.89. The fourth-order valence-electron chi connectivity index (χ4n) is 4.83. The first kappa shape index (κ1) is 16.8. The van der Waals surface area contributed by atoms with Gasteiger partial charge in [0.15, 0.2) is 0 Å². The van der Waals surface area contributed by atoms with Gasteiger partial charge in [-0.05, 0) is 37.8 Å². The minimum absolute atomic E-state index is 0.947. The Bertz CT molecular complexity index is 276. The number of hydrogen-bond donors (Lipinski definition) is 0. The highest BCUT2D eigenvalue weighted by Gasteiger charge is 2.33. The third-order valence-corrected chi connectivity index (χ3v) is 5.77. The van der Waals surface area contributed by atoms with Crippen molar-refractivity contribution in [3.63, 3.8) is 0 Å². The Balaban J connectivity index is 2.02. The molecule has 0 atom stereocenters. The lowest BCUT2D eigenvalue weighted by atomic mass is 9.85. The Labute approximate surface area is 132 Å². The molecule has 21 heavy (non-hydrogen) atoms. The zero-order chi connectivity index (χ0) is 15.0. The Morgan fingerprint density at radius 2 is 1.05 bits per heavy atom. The van der Waals surface area contributed by atoms with Gasteiger partial charge in [-0.1, -0.05) is 51.7 Å². The average molecular weight is 291 g/mol. The molecule has 0 unspecified atom stereocenters. The van der Waals surface area contributed by atoms with Crippen LogP contribution in [0, 0.1) is 11.8 Å². The van der Waals surface area contributed by atoms with Gasteiger partial charge in [-0.3, -0.25) is 0 Å². The van der Waals surface area contributed by atoms with Gasteiger partial charge in [0.1, 0.15) is 0 Å². The van der Waals surface area contributed by atoms with Crippen molar-refractivity contribution in [3.05, 3.63) is 25.3 Å². The van der Waals surface area contributed by atoms with Crippen molar-refractivity contribution in [2.75, 3.05) is 26.2 Å². The molecule has 0 N–H and O–H groups in total. The minimum atomic E-state index is 0.947. The van der Waals surface area contributed by atoms with Crippen molar-refractivity contribution in [2.45, 2.75) is 64.2 Å². The third kappa shape index (κ3) is 5.29. The Hall–Kier alpha value is -0.560. The highest BCUT2D eigenvalue weighted by atomic mass is 15.3. The molecule has 2 aliphatic rings. The molecule has 2 fully saturated rings. The van der Waals surface area contributed by atoms with Crippen LogP contribution >= 0.6 is 0 Å². The molecule has 0 bridgehead atoms. The molecule has 0 saturated heterocycles. The summed E-state index contributed by atoms with van der Waals surface area (Å²) in [5.41, 5.74) is 0. The molecule has 2 rings (SSSR count). The molecular formula is C20H36N+. The van der Waals surface area contributed by atoms with Gasteiger partial charge >= 0.3 is 0 Å². The van der Waals surface area contributed by atoms with Gasteiger partial charge in [0, 0.05) is 11.8 Å². The molecule has 0 spiro atoms. The van der Waals surface area contributed by atoms with E-state index < -0.39 is 0 Å². The van der Waals surface area contributed by atoms with Crippen LogP contribution in [-0.4, -0.2) is 30.7 Å². The number of quaternary nitrogens is 1. The van der Waals surface area contributed by atoms with Gasteiger partial charge in [0.2, 0.25) is 0 Å². The van der Waals surface area contributed by atoms with E-state index in [1.165, 1.54) is 81.8 Å². The summed E-state index contributed by atoms with van der Waals surface area (Å²) < 4.78 is 1.24. The fraction of sp³-hybridized carbons (Fsp3) is 0.800. The van der Waals surface area contributed by atoms with Crippen LogP contribution in [0.2, 0.25) is 0 Å². The first-order valence-corrected chi connectivity index (χ1v) is 9.35. The van der Waals surface area contributed by atoms with Crippen LogP contribution in [0.4, 0.5) is 0 Å². The Kier molecular flexibility index (Phi) is 7.03. The zero-order valence-electron chi connectivity index (χ0n) is 14.1. The summed E-state index contributed by atoms with van der Waals surface area (Å²) in [7, 11) is 0. The third-order valence-electron chi connectivity index (χ3n) is 5.77. The first-order valence-electron chi connectivity index (χ1n) is 9.35. The minimum Gasteiger partial charge on any atom is -0.317 e. The van der Waals surface area contributed by atoms with Crippen molar-refractivity contribution in [3.8, 4) is 0 Å². The molecule has 0 heterocycles. The SMILES string of the molecule is C=CC[N+](CC=C)(CC1CCCCC1)CC1CCCCC1. The van der Waals surface area contributed by atoms with Gasteiger partial charge in [0.25, 0.3) is 0 Å². The second kappa shape index (κ2) is 8.78. The van der Waals surface area contributed by atoms with Crippen LogP contribution in [0.25, 0.3) is 0 Å². The van der Waals surface area contributed by atoms with Crippen molar-refractivity contribution < 1.29 is 4.48 Å². The van der Waals surface area contributed by atoms with Crippen LogP contribution < -0.4 is 0 Å². The van der Waals surface area contributed by atoms with Gasteiger partial charge < -0.3 is 4.48 Å². The standard InChI is InChI=1S/C20H36N/c1-3-15-21(16-4-2,17-19-11-7-5-8-12-19)18-20-13-9-6-10-14-20/h3-4,19-20H,1-2,5-18H2/q+1. The molecule has 0 aromatic carbocycles. The second-order valence-corrected chi connectivity index (χ2v) is 7.66. The van der Waals surface area contributed by atoms with Crippen LogP contribution in [0.5, 0.6) is 0 Å². The molecule has 2 aliphatic carbocycles. The topological polar surface area (TPSA) is 0 Å². The summed E-state index contributed by atoms with van der Waals surface area (Å²) in [6.45, 7) is 13.1. The summed E-state index contributed by atoms with van der Waals surface area (Å²) in [4.78, 5) is 0. The van der Waals surface area contributed by atoms with Crippen LogP contribution in [-0.2, 0) is 0 Å². The first-order chi connectivity index (χ1) is 10.3. The summed E-state index contributed by atoms with van der Waals surface area (Å²) in [6, 6.07) is 0. The lowest BCUT2D eigenvalue weighted by Gasteiger charge is -2.43. The van der Waals surface area contributed by atoms with Crippen LogP contribution in [0.1, 0.15) is 64.2 Å². The summed E-state index contributed by atoms with van der Waals surface area (Å²) in [5, 5.41) is 0. The maximum atomic E-state index is 4.06. The maximum absolute atomic E-state index is 4.06. The fourth-order valence-corrected chi connectivity index (χ4v) is 4.83. The Morgan fingerprint density at radius 1 is 0.667 bits per heavy atom. The molecule has 0 aromatic rings. The van der Waals surface area contributed by atoms with E-state index in [1.54, 1.807) is 0 Å². The van der Waals surface area contributed by atoms with E-state index in [2.05, 4.69) is 25.3 Å². The van der Waals surface area contributed by atoms with E-state index in [1.807, 2.05) is 0 Å². The maximum Gasteiger partial charge on any atom is 0.0973 e. The van der Waals surface area contributed by atoms with Crippen molar-refractivity contribution >= 4 is 0 Å². The van der Waals surface area contributed by atoms with E-state index in [-0.39, 0.29) is 0 Å². The van der Waals surface area contributed by atoms with Crippen molar-refractivity contribution in [2.24, 2.45) is 11.8 Å². The monoisotopic (exact) mass is 290 g/mol. The lowest BCUT2D eigenvalue weighted by molar-refractivity contribution is -0.924. The quantitative estimate of drug-likeness (QED) is 0.418. The molecule has 0 aromatic heterocycles. The van der Waals surface area contributed by atoms with Crippen molar-refractivity contribution in [1.82, 2.24) is 0 Å². The molecular weight excluding hydrogens is 254 g/mol. The van der Waals surface area contributed by atoms with Gasteiger partial charge in [-0.15, -0.1) is 0 Å².